The maximum atomic E-state index is 12.7. The first-order chi connectivity index (χ1) is 11.3. The summed E-state index contributed by atoms with van der Waals surface area (Å²) in [5, 5.41) is 3.52. The molecule has 0 bridgehead atoms. The first-order valence-electron chi connectivity index (χ1n) is 8.22. The third kappa shape index (κ3) is 2.25. The predicted octanol–water partition coefficient (Wildman–Crippen LogP) is 4.28. The van der Waals surface area contributed by atoms with Crippen LogP contribution >= 0.6 is 0 Å². The minimum Gasteiger partial charge on any atom is -0.467 e. The number of para-hydroxylation sites is 2. The summed E-state index contributed by atoms with van der Waals surface area (Å²) in [6.45, 7) is 2.92. The summed E-state index contributed by atoms with van der Waals surface area (Å²) in [4.78, 5) is 15.0. The molecule has 2 heterocycles. The van der Waals surface area contributed by atoms with Crippen LogP contribution in [-0.2, 0) is 4.79 Å². The Morgan fingerprint density at radius 2 is 2.09 bits per heavy atom. The number of Topliss-reactive ketones (excluding diaryl/α,β-unsaturated/α-hetero) is 1. The second-order valence-corrected chi connectivity index (χ2v) is 6.02. The molecule has 0 radical (unpaired) electrons. The molecule has 4 rings (SSSR count). The van der Waals surface area contributed by atoms with Crippen LogP contribution in [0.25, 0.3) is 0 Å². The van der Waals surface area contributed by atoms with Gasteiger partial charge in [-0.05, 0) is 44.0 Å². The van der Waals surface area contributed by atoms with Gasteiger partial charge in [0.2, 0.25) is 0 Å². The van der Waals surface area contributed by atoms with E-state index >= 15 is 0 Å². The van der Waals surface area contributed by atoms with Gasteiger partial charge in [0.25, 0.3) is 0 Å². The summed E-state index contributed by atoms with van der Waals surface area (Å²) in [5.41, 5.74) is 4.08. The number of likely N-dealkylation sites (N-methyl/N-ethyl adjacent to an activating group) is 1. The number of hydrogen-bond donors (Lipinski definition) is 1. The van der Waals surface area contributed by atoms with E-state index in [1.54, 1.807) is 6.26 Å². The monoisotopic (exact) mass is 308 g/mol. The van der Waals surface area contributed by atoms with E-state index in [1.807, 2.05) is 24.3 Å². The molecule has 1 aliphatic carbocycles. The third-order valence-electron chi connectivity index (χ3n) is 4.69. The van der Waals surface area contributed by atoms with E-state index in [0.29, 0.717) is 6.42 Å². The summed E-state index contributed by atoms with van der Waals surface area (Å²) in [7, 11) is 0. The molecule has 4 heteroatoms. The molecule has 0 spiro atoms. The van der Waals surface area contributed by atoms with Crippen molar-refractivity contribution in [2.45, 2.75) is 32.2 Å². The van der Waals surface area contributed by atoms with Crippen molar-refractivity contribution in [3.8, 4) is 0 Å². The summed E-state index contributed by atoms with van der Waals surface area (Å²) in [6, 6.07) is 11.9. The second kappa shape index (κ2) is 5.61. The second-order valence-electron chi connectivity index (χ2n) is 6.02. The minimum atomic E-state index is -0.158. The largest absolute Gasteiger partial charge is 0.467 e. The van der Waals surface area contributed by atoms with Crippen molar-refractivity contribution in [2.24, 2.45) is 0 Å². The molecule has 0 saturated heterocycles. The van der Waals surface area contributed by atoms with Crippen LogP contribution in [0.4, 0.5) is 11.4 Å². The van der Waals surface area contributed by atoms with E-state index in [0.717, 1.165) is 47.8 Å². The van der Waals surface area contributed by atoms with Gasteiger partial charge in [-0.15, -0.1) is 0 Å². The Morgan fingerprint density at radius 3 is 2.87 bits per heavy atom. The SMILES string of the molecule is CCN1c2ccccc2NC2=C(C(=O)CCC2)C1c1ccco1. The van der Waals surface area contributed by atoms with Crippen LogP contribution in [0.2, 0.25) is 0 Å². The standard InChI is InChI=1S/C19H20N2O2/c1-2-21-15-9-4-3-7-13(15)20-14-8-5-10-16(22)18(14)19(21)17-11-6-12-23-17/h3-4,6-7,9,11-12,19-20H,2,5,8,10H2,1H3. The summed E-state index contributed by atoms with van der Waals surface area (Å²) in [6.07, 6.45) is 4.11. The molecule has 1 unspecified atom stereocenters. The van der Waals surface area contributed by atoms with Crippen molar-refractivity contribution in [1.82, 2.24) is 0 Å². The van der Waals surface area contributed by atoms with Crippen LogP contribution in [0.1, 0.15) is 38.0 Å². The Labute approximate surface area is 135 Å². The highest BCUT2D eigenvalue weighted by Gasteiger charge is 2.37. The number of carbonyl (C=O) groups is 1. The molecule has 1 aliphatic heterocycles. The lowest BCUT2D eigenvalue weighted by Crippen LogP contribution is -2.32. The summed E-state index contributed by atoms with van der Waals surface area (Å²) < 4.78 is 5.72. The fourth-order valence-corrected chi connectivity index (χ4v) is 3.69. The highest BCUT2D eigenvalue weighted by molar-refractivity contribution is 6.00. The molecule has 2 aliphatic rings. The number of nitrogens with one attached hydrogen (secondary N) is 1. The van der Waals surface area contributed by atoms with E-state index in [9.17, 15) is 4.79 Å². The molecule has 0 fully saturated rings. The van der Waals surface area contributed by atoms with Crippen LogP contribution in [0.3, 0.4) is 0 Å². The Morgan fingerprint density at radius 1 is 1.22 bits per heavy atom. The number of allylic oxidation sites excluding steroid dienone is 1. The third-order valence-corrected chi connectivity index (χ3v) is 4.69. The van der Waals surface area contributed by atoms with Crippen LogP contribution in [0.5, 0.6) is 0 Å². The molecule has 1 aromatic carbocycles. The highest BCUT2D eigenvalue weighted by Crippen LogP contribution is 2.44. The van der Waals surface area contributed by atoms with Gasteiger partial charge in [0.05, 0.1) is 17.6 Å². The number of benzene rings is 1. The van der Waals surface area contributed by atoms with Crippen LogP contribution in [0, 0.1) is 0 Å². The van der Waals surface area contributed by atoms with Crippen molar-refractivity contribution in [3.05, 3.63) is 59.7 Å². The Kier molecular flexibility index (Phi) is 3.45. The normalized spacial score (nSPS) is 20.7. The van der Waals surface area contributed by atoms with Gasteiger partial charge in [0.15, 0.2) is 5.78 Å². The number of nitrogens with zero attached hydrogens (tertiary/aromatic N) is 1. The van der Waals surface area contributed by atoms with Gasteiger partial charge in [-0.25, -0.2) is 0 Å². The highest BCUT2D eigenvalue weighted by atomic mass is 16.3. The molecular weight excluding hydrogens is 288 g/mol. The number of fused-ring (bicyclic) bond motifs is 1. The quantitative estimate of drug-likeness (QED) is 0.899. The fraction of sp³-hybridized carbons (Fsp3) is 0.316. The molecule has 1 atom stereocenters. The molecule has 1 aromatic heterocycles. The molecule has 4 nitrogen and oxygen atoms in total. The van der Waals surface area contributed by atoms with Crippen LogP contribution < -0.4 is 10.2 Å². The lowest BCUT2D eigenvalue weighted by Gasteiger charge is -2.32. The lowest BCUT2D eigenvalue weighted by atomic mass is 9.88. The zero-order valence-corrected chi connectivity index (χ0v) is 13.2. The lowest BCUT2D eigenvalue weighted by molar-refractivity contribution is -0.116. The Bertz CT molecular complexity index is 761. The molecule has 2 aromatic rings. The smallest absolute Gasteiger partial charge is 0.163 e. The summed E-state index contributed by atoms with van der Waals surface area (Å²) >= 11 is 0. The number of rotatable bonds is 2. The van der Waals surface area contributed by atoms with E-state index in [4.69, 9.17) is 4.42 Å². The predicted molar refractivity (Wildman–Crippen MR) is 90.4 cm³/mol. The van der Waals surface area contributed by atoms with Crippen LogP contribution in [-0.4, -0.2) is 12.3 Å². The van der Waals surface area contributed by atoms with Gasteiger partial charge < -0.3 is 14.6 Å². The maximum absolute atomic E-state index is 12.7. The van der Waals surface area contributed by atoms with Crippen molar-refractivity contribution < 1.29 is 9.21 Å². The zero-order valence-electron chi connectivity index (χ0n) is 13.2. The number of furan rings is 1. The molecule has 1 N–H and O–H groups in total. The average molecular weight is 308 g/mol. The zero-order chi connectivity index (χ0) is 15.8. The number of carbonyl (C=O) groups excluding carboxylic acids is 1. The number of ketones is 1. The van der Waals surface area contributed by atoms with Crippen molar-refractivity contribution in [1.29, 1.82) is 0 Å². The van der Waals surface area contributed by atoms with Gasteiger partial charge in [-0.3, -0.25) is 4.79 Å². The van der Waals surface area contributed by atoms with E-state index in [1.165, 1.54) is 0 Å². The minimum absolute atomic E-state index is 0.158. The van der Waals surface area contributed by atoms with Crippen molar-refractivity contribution >= 4 is 17.2 Å². The molecule has 23 heavy (non-hydrogen) atoms. The van der Waals surface area contributed by atoms with E-state index in [2.05, 4.69) is 29.3 Å². The topological polar surface area (TPSA) is 45.5 Å². The van der Waals surface area contributed by atoms with E-state index < -0.39 is 0 Å². The van der Waals surface area contributed by atoms with Gasteiger partial charge in [-0.2, -0.15) is 0 Å². The molecular formula is C19H20N2O2. The number of hydrogen-bond acceptors (Lipinski definition) is 4. The molecule has 118 valence electrons. The first-order valence-corrected chi connectivity index (χ1v) is 8.22. The Balaban J connectivity index is 1.96. The van der Waals surface area contributed by atoms with Crippen molar-refractivity contribution in [2.75, 3.05) is 16.8 Å². The fourth-order valence-electron chi connectivity index (χ4n) is 3.69. The van der Waals surface area contributed by atoms with E-state index in [-0.39, 0.29) is 11.8 Å². The van der Waals surface area contributed by atoms with Crippen LogP contribution in [0.15, 0.2) is 58.3 Å². The average Bonchev–Trinajstić information content (AvgIpc) is 3.04. The van der Waals surface area contributed by atoms with Crippen molar-refractivity contribution in [3.63, 3.8) is 0 Å². The first kappa shape index (κ1) is 14.1. The van der Waals surface area contributed by atoms with Gasteiger partial charge in [0, 0.05) is 24.2 Å². The van der Waals surface area contributed by atoms with Gasteiger partial charge in [-0.1, -0.05) is 12.1 Å². The maximum Gasteiger partial charge on any atom is 0.163 e. The number of anilines is 2. The van der Waals surface area contributed by atoms with Gasteiger partial charge in [0.1, 0.15) is 11.8 Å². The molecule has 0 amide bonds. The Hall–Kier alpha value is -2.49. The van der Waals surface area contributed by atoms with Gasteiger partial charge >= 0.3 is 0 Å². The summed E-state index contributed by atoms with van der Waals surface area (Å²) in [5.74, 6) is 1.06. The molecule has 0 saturated carbocycles.